The molecule has 32 heavy (non-hydrogen) atoms. The lowest BCUT2D eigenvalue weighted by Crippen LogP contribution is -2.41. The number of nitrogens with zero attached hydrogens (tertiary/aromatic N) is 3. The van der Waals surface area contributed by atoms with Crippen molar-refractivity contribution in [2.75, 3.05) is 25.5 Å². The first-order valence-corrected chi connectivity index (χ1v) is 10.5. The monoisotopic (exact) mass is 431 g/mol. The number of nitrogens with one attached hydrogen (secondary N) is 1. The van der Waals surface area contributed by atoms with Crippen LogP contribution in [0.3, 0.4) is 0 Å². The molecule has 1 fully saturated rings. The van der Waals surface area contributed by atoms with Gasteiger partial charge in [0.05, 0.1) is 7.11 Å². The van der Waals surface area contributed by atoms with Crippen LogP contribution in [0.1, 0.15) is 23.2 Å². The molecule has 2 amide bonds. The molecule has 0 aliphatic carbocycles. The lowest BCUT2D eigenvalue weighted by molar-refractivity contribution is -0.123. The number of ether oxygens (including phenoxy) is 1. The molecule has 1 aliphatic rings. The number of nitrogens with two attached hydrogens (primary N) is 1. The predicted molar refractivity (Wildman–Crippen MR) is 122 cm³/mol. The highest BCUT2D eigenvalue weighted by Gasteiger charge is 2.26. The normalized spacial score (nSPS) is 14.1. The van der Waals surface area contributed by atoms with Crippen LogP contribution in [0.4, 0.5) is 11.6 Å². The molecule has 1 saturated heterocycles. The van der Waals surface area contributed by atoms with Crippen LogP contribution in [0.25, 0.3) is 11.1 Å². The van der Waals surface area contributed by atoms with Gasteiger partial charge in [0.2, 0.25) is 11.9 Å². The topological polar surface area (TPSA) is 110 Å². The van der Waals surface area contributed by atoms with Crippen molar-refractivity contribution in [2.45, 2.75) is 12.8 Å². The van der Waals surface area contributed by atoms with Gasteiger partial charge in [-0.25, -0.2) is 9.97 Å². The number of methoxy groups -OCH3 is 1. The Labute approximate surface area is 186 Å². The van der Waals surface area contributed by atoms with Crippen LogP contribution in [0.2, 0.25) is 0 Å². The van der Waals surface area contributed by atoms with Crippen molar-refractivity contribution in [1.29, 1.82) is 0 Å². The molecule has 3 N–H and O–H groups in total. The van der Waals surface area contributed by atoms with Gasteiger partial charge in [0.15, 0.2) is 0 Å². The number of rotatable bonds is 6. The maximum absolute atomic E-state index is 12.7. The van der Waals surface area contributed by atoms with Crippen LogP contribution < -0.4 is 15.8 Å². The van der Waals surface area contributed by atoms with Gasteiger partial charge in [0.1, 0.15) is 5.75 Å². The molecule has 3 aromatic rings. The van der Waals surface area contributed by atoms with Gasteiger partial charge in [-0.05, 0) is 54.8 Å². The Kier molecular flexibility index (Phi) is 6.30. The highest BCUT2D eigenvalue weighted by molar-refractivity contribution is 5.94. The van der Waals surface area contributed by atoms with E-state index < -0.39 is 0 Å². The summed E-state index contributed by atoms with van der Waals surface area (Å²) in [6.45, 7) is 1.08. The molecule has 0 saturated carbocycles. The fourth-order valence-corrected chi connectivity index (χ4v) is 3.70. The van der Waals surface area contributed by atoms with Gasteiger partial charge in [0, 0.05) is 48.2 Å². The number of hydrogen-bond acceptors (Lipinski definition) is 6. The van der Waals surface area contributed by atoms with Gasteiger partial charge in [0.25, 0.3) is 5.91 Å². The average molecular weight is 431 g/mol. The summed E-state index contributed by atoms with van der Waals surface area (Å²) in [6, 6.07) is 14.9. The molecule has 2 aromatic carbocycles. The first kappa shape index (κ1) is 21.3. The van der Waals surface area contributed by atoms with Crippen molar-refractivity contribution in [3.63, 3.8) is 0 Å². The Morgan fingerprint density at radius 2 is 1.59 bits per heavy atom. The van der Waals surface area contributed by atoms with Crippen LogP contribution in [-0.2, 0) is 4.79 Å². The quantitative estimate of drug-likeness (QED) is 0.620. The molecule has 0 radical (unpaired) electrons. The van der Waals surface area contributed by atoms with Gasteiger partial charge < -0.3 is 20.7 Å². The van der Waals surface area contributed by atoms with E-state index in [0.29, 0.717) is 37.4 Å². The van der Waals surface area contributed by atoms with Gasteiger partial charge in [-0.3, -0.25) is 9.59 Å². The largest absolute Gasteiger partial charge is 0.497 e. The van der Waals surface area contributed by atoms with E-state index in [-0.39, 0.29) is 17.7 Å². The summed E-state index contributed by atoms with van der Waals surface area (Å²) in [5, 5.41) is 3.15. The van der Waals surface area contributed by atoms with E-state index in [0.717, 1.165) is 22.6 Å². The van der Waals surface area contributed by atoms with Crippen LogP contribution in [0.15, 0.2) is 60.9 Å². The van der Waals surface area contributed by atoms with E-state index in [1.807, 2.05) is 36.4 Å². The zero-order valence-electron chi connectivity index (χ0n) is 17.8. The third-order valence-electron chi connectivity index (χ3n) is 5.65. The maximum Gasteiger partial charge on any atom is 0.253 e. The minimum atomic E-state index is -0.285. The fraction of sp³-hybridized carbons (Fsp3) is 0.250. The molecule has 8 heteroatoms. The minimum absolute atomic E-state index is 0.0421. The Bertz CT molecular complexity index is 1070. The second-order valence-corrected chi connectivity index (χ2v) is 7.70. The van der Waals surface area contributed by atoms with Gasteiger partial charge in [-0.15, -0.1) is 0 Å². The Balaban J connectivity index is 1.36. The molecule has 8 nitrogen and oxygen atoms in total. The van der Waals surface area contributed by atoms with Gasteiger partial charge in [-0.2, -0.15) is 0 Å². The van der Waals surface area contributed by atoms with E-state index in [2.05, 4.69) is 15.3 Å². The smallest absolute Gasteiger partial charge is 0.253 e. The second-order valence-electron chi connectivity index (χ2n) is 7.70. The summed E-state index contributed by atoms with van der Waals surface area (Å²) >= 11 is 0. The van der Waals surface area contributed by atoms with Crippen LogP contribution in [-0.4, -0.2) is 46.9 Å². The molecule has 0 atom stereocenters. The minimum Gasteiger partial charge on any atom is -0.497 e. The molecule has 1 aromatic heterocycles. The first-order valence-electron chi connectivity index (χ1n) is 10.5. The molecule has 0 bridgehead atoms. The lowest BCUT2D eigenvalue weighted by atomic mass is 9.96. The van der Waals surface area contributed by atoms with E-state index in [1.165, 1.54) is 0 Å². The molecule has 0 unspecified atom stereocenters. The van der Waals surface area contributed by atoms with Crippen LogP contribution in [0, 0.1) is 5.92 Å². The summed E-state index contributed by atoms with van der Waals surface area (Å²) in [6.07, 6.45) is 4.74. The van der Waals surface area contributed by atoms with Gasteiger partial charge in [-0.1, -0.05) is 12.1 Å². The number of benzene rings is 2. The fourth-order valence-electron chi connectivity index (χ4n) is 3.70. The van der Waals surface area contributed by atoms with Crippen molar-refractivity contribution >= 4 is 23.5 Å². The number of piperidine rings is 1. The number of aromatic nitrogens is 2. The first-order chi connectivity index (χ1) is 15.5. The van der Waals surface area contributed by atoms with Crippen molar-refractivity contribution in [1.82, 2.24) is 14.9 Å². The standard InChI is InChI=1S/C24H25N5O3/c1-32-21-8-4-16(5-9-21)19-14-26-24(27-15-19)28-20-6-2-18(3-7-20)23(31)29-12-10-17(11-13-29)22(25)30/h2-9,14-15,17H,10-13H2,1H3,(H2,25,30)(H,26,27,28). The van der Waals surface area contributed by atoms with Crippen molar-refractivity contribution in [2.24, 2.45) is 11.7 Å². The zero-order chi connectivity index (χ0) is 22.5. The number of carbonyl (C=O) groups excluding carboxylic acids is 2. The number of primary amides is 1. The zero-order valence-corrected chi connectivity index (χ0v) is 17.8. The number of likely N-dealkylation sites (tertiary alicyclic amines) is 1. The van der Waals surface area contributed by atoms with Crippen molar-refractivity contribution < 1.29 is 14.3 Å². The third-order valence-corrected chi connectivity index (χ3v) is 5.65. The summed E-state index contributed by atoms with van der Waals surface area (Å²) < 4.78 is 5.18. The number of carbonyl (C=O) groups is 2. The van der Waals surface area contributed by atoms with Crippen molar-refractivity contribution in [3.8, 4) is 16.9 Å². The summed E-state index contributed by atoms with van der Waals surface area (Å²) in [7, 11) is 1.63. The molecule has 164 valence electrons. The van der Waals surface area contributed by atoms with E-state index in [4.69, 9.17) is 10.5 Å². The summed E-state index contributed by atoms with van der Waals surface area (Å²) in [5.41, 5.74) is 8.65. The van der Waals surface area contributed by atoms with E-state index >= 15 is 0 Å². The molecular formula is C24H25N5O3. The SMILES string of the molecule is COc1ccc(-c2cnc(Nc3ccc(C(=O)N4CCC(C(N)=O)CC4)cc3)nc2)cc1. The number of anilines is 2. The molecular weight excluding hydrogens is 406 g/mol. The predicted octanol–water partition coefficient (Wildman–Crippen LogP) is 3.23. The number of amides is 2. The average Bonchev–Trinajstić information content (AvgIpc) is 2.85. The van der Waals surface area contributed by atoms with Crippen LogP contribution >= 0.6 is 0 Å². The summed E-state index contributed by atoms with van der Waals surface area (Å²) in [5.74, 6) is 0.799. The summed E-state index contributed by atoms with van der Waals surface area (Å²) in [4.78, 5) is 34.5. The number of hydrogen-bond donors (Lipinski definition) is 2. The highest BCUT2D eigenvalue weighted by atomic mass is 16.5. The van der Waals surface area contributed by atoms with E-state index in [1.54, 1.807) is 36.5 Å². The third kappa shape index (κ3) is 4.85. The molecule has 2 heterocycles. The Morgan fingerprint density at radius 1 is 0.969 bits per heavy atom. The molecule has 4 rings (SSSR count). The lowest BCUT2D eigenvalue weighted by Gasteiger charge is -2.30. The molecule has 0 spiro atoms. The highest BCUT2D eigenvalue weighted by Crippen LogP contribution is 2.23. The second kappa shape index (κ2) is 9.47. The molecule has 1 aliphatic heterocycles. The van der Waals surface area contributed by atoms with Crippen molar-refractivity contribution in [3.05, 3.63) is 66.5 Å². The maximum atomic E-state index is 12.7. The Morgan fingerprint density at radius 3 is 2.16 bits per heavy atom. The van der Waals surface area contributed by atoms with E-state index in [9.17, 15) is 9.59 Å². The Hall–Kier alpha value is -3.94. The van der Waals surface area contributed by atoms with Gasteiger partial charge >= 0.3 is 0 Å². The van der Waals surface area contributed by atoms with Crippen LogP contribution in [0.5, 0.6) is 5.75 Å².